The van der Waals surface area contributed by atoms with Gasteiger partial charge in [0, 0.05) is 0 Å². The second-order valence-electron chi connectivity index (χ2n) is 5.03. The number of aliphatic hydroxyl groups excluding tert-OH is 1. The standard InChI is InChI=1S/C16H24O3/c1-5-14(16(18)19-6-2)15(17)13-9-7-12(8-10-13)11(3)4/h7-11,14-15,17H,5-6H2,1-4H3. The number of carbonyl (C=O) groups excluding carboxylic acids is 1. The number of carbonyl (C=O) groups is 1. The molecule has 2 unspecified atom stereocenters. The van der Waals surface area contributed by atoms with E-state index in [9.17, 15) is 9.90 Å². The Bertz CT molecular complexity index is 395. The molecule has 0 aliphatic carbocycles. The Morgan fingerprint density at radius 2 is 1.68 bits per heavy atom. The summed E-state index contributed by atoms with van der Waals surface area (Å²) in [6.07, 6.45) is -0.239. The van der Waals surface area contributed by atoms with Gasteiger partial charge in [-0.15, -0.1) is 0 Å². The maximum atomic E-state index is 11.8. The third-order valence-electron chi connectivity index (χ3n) is 3.35. The molecule has 1 aromatic rings. The zero-order chi connectivity index (χ0) is 14.4. The summed E-state index contributed by atoms with van der Waals surface area (Å²) in [4.78, 5) is 11.8. The second-order valence-corrected chi connectivity index (χ2v) is 5.03. The summed E-state index contributed by atoms with van der Waals surface area (Å²) in [5.74, 6) is -0.367. The largest absolute Gasteiger partial charge is 0.466 e. The number of aliphatic hydroxyl groups is 1. The van der Waals surface area contributed by atoms with Gasteiger partial charge < -0.3 is 9.84 Å². The van der Waals surface area contributed by atoms with Crippen molar-refractivity contribution in [2.24, 2.45) is 5.92 Å². The van der Waals surface area contributed by atoms with Crippen molar-refractivity contribution in [3.8, 4) is 0 Å². The molecule has 19 heavy (non-hydrogen) atoms. The van der Waals surface area contributed by atoms with Gasteiger partial charge in [0.2, 0.25) is 0 Å². The highest BCUT2D eigenvalue weighted by atomic mass is 16.5. The van der Waals surface area contributed by atoms with Crippen molar-refractivity contribution in [2.45, 2.75) is 46.1 Å². The Labute approximate surface area is 115 Å². The first-order chi connectivity index (χ1) is 9.01. The van der Waals surface area contributed by atoms with E-state index in [0.29, 0.717) is 18.9 Å². The van der Waals surface area contributed by atoms with Gasteiger partial charge in [-0.2, -0.15) is 0 Å². The van der Waals surface area contributed by atoms with Crippen LogP contribution in [-0.4, -0.2) is 17.7 Å². The van der Waals surface area contributed by atoms with Crippen LogP contribution in [0.15, 0.2) is 24.3 Å². The minimum absolute atomic E-state index is 0.328. The van der Waals surface area contributed by atoms with Gasteiger partial charge >= 0.3 is 5.97 Å². The molecule has 1 N–H and O–H groups in total. The van der Waals surface area contributed by atoms with Gasteiger partial charge in [-0.1, -0.05) is 45.0 Å². The van der Waals surface area contributed by atoms with Gasteiger partial charge in [-0.3, -0.25) is 4.79 Å². The maximum Gasteiger partial charge on any atom is 0.311 e. The molecule has 0 amide bonds. The lowest BCUT2D eigenvalue weighted by molar-refractivity contribution is -0.152. The van der Waals surface area contributed by atoms with E-state index in [2.05, 4.69) is 13.8 Å². The van der Waals surface area contributed by atoms with E-state index < -0.39 is 12.0 Å². The molecular weight excluding hydrogens is 240 g/mol. The van der Waals surface area contributed by atoms with E-state index in [0.717, 1.165) is 5.56 Å². The molecule has 0 fully saturated rings. The molecular formula is C16H24O3. The Balaban J connectivity index is 2.85. The van der Waals surface area contributed by atoms with Gasteiger partial charge in [0.05, 0.1) is 18.6 Å². The van der Waals surface area contributed by atoms with Crippen molar-refractivity contribution >= 4 is 5.97 Å². The molecule has 0 heterocycles. The summed E-state index contributed by atoms with van der Waals surface area (Å²) in [6, 6.07) is 7.78. The minimum atomic E-state index is -0.801. The molecule has 3 heteroatoms. The lowest BCUT2D eigenvalue weighted by atomic mass is 9.92. The summed E-state index contributed by atoms with van der Waals surface area (Å²) < 4.78 is 5.00. The SMILES string of the molecule is CCOC(=O)C(CC)C(O)c1ccc(C(C)C)cc1. The Kier molecular flexibility index (Phi) is 6.03. The first-order valence-corrected chi connectivity index (χ1v) is 6.95. The minimum Gasteiger partial charge on any atom is -0.466 e. The molecule has 0 aliphatic heterocycles. The fraction of sp³-hybridized carbons (Fsp3) is 0.562. The number of rotatable bonds is 6. The fourth-order valence-electron chi connectivity index (χ4n) is 2.08. The summed E-state index contributed by atoms with van der Waals surface area (Å²) >= 11 is 0. The van der Waals surface area contributed by atoms with Crippen molar-refractivity contribution in [1.29, 1.82) is 0 Å². The molecule has 2 atom stereocenters. The molecule has 3 nitrogen and oxygen atoms in total. The van der Waals surface area contributed by atoms with Crippen LogP contribution in [0.3, 0.4) is 0 Å². The predicted octanol–water partition coefficient (Wildman–Crippen LogP) is 3.43. The molecule has 0 saturated heterocycles. The molecule has 0 radical (unpaired) electrons. The van der Waals surface area contributed by atoms with Crippen LogP contribution in [0.5, 0.6) is 0 Å². The van der Waals surface area contributed by atoms with Crippen molar-refractivity contribution < 1.29 is 14.6 Å². The smallest absolute Gasteiger partial charge is 0.311 e. The van der Waals surface area contributed by atoms with Crippen molar-refractivity contribution in [3.05, 3.63) is 35.4 Å². The molecule has 0 aromatic heterocycles. The highest BCUT2D eigenvalue weighted by Gasteiger charge is 2.27. The quantitative estimate of drug-likeness (QED) is 0.801. The molecule has 1 rings (SSSR count). The number of hydrogen-bond donors (Lipinski definition) is 1. The van der Waals surface area contributed by atoms with Crippen molar-refractivity contribution in [3.63, 3.8) is 0 Å². The number of benzene rings is 1. The Hall–Kier alpha value is -1.35. The van der Waals surface area contributed by atoms with Gasteiger partial charge in [0.1, 0.15) is 0 Å². The summed E-state index contributed by atoms with van der Waals surface area (Å²) in [5, 5.41) is 10.3. The lowest BCUT2D eigenvalue weighted by Crippen LogP contribution is -2.24. The average molecular weight is 264 g/mol. The third-order valence-corrected chi connectivity index (χ3v) is 3.35. The van der Waals surface area contributed by atoms with Gasteiger partial charge in [0.25, 0.3) is 0 Å². The van der Waals surface area contributed by atoms with Crippen LogP contribution in [0.25, 0.3) is 0 Å². The van der Waals surface area contributed by atoms with Crippen LogP contribution >= 0.6 is 0 Å². The van der Waals surface area contributed by atoms with Crippen molar-refractivity contribution in [1.82, 2.24) is 0 Å². The van der Waals surface area contributed by atoms with E-state index in [1.165, 1.54) is 5.56 Å². The summed E-state index contributed by atoms with van der Waals surface area (Å²) in [6.45, 7) is 8.24. The van der Waals surface area contributed by atoms with Crippen LogP contribution in [0.2, 0.25) is 0 Å². The second kappa shape index (κ2) is 7.29. The Morgan fingerprint density at radius 1 is 1.16 bits per heavy atom. The molecule has 0 saturated carbocycles. The van der Waals surface area contributed by atoms with E-state index >= 15 is 0 Å². The van der Waals surface area contributed by atoms with Crippen LogP contribution in [0.1, 0.15) is 57.3 Å². The monoisotopic (exact) mass is 264 g/mol. The van der Waals surface area contributed by atoms with E-state index in [1.54, 1.807) is 6.92 Å². The number of ether oxygens (including phenoxy) is 1. The lowest BCUT2D eigenvalue weighted by Gasteiger charge is -2.20. The van der Waals surface area contributed by atoms with Crippen LogP contribution in [0, 0.1) is 5.92 Å². The van der Waals surface area contributed by atoms with Gasteiger partial charge in [0.15, 0.2) is 0 Å². The van der Waals surface area contributed by atoms with Crippen LogP contribution in [-0.2, 0) is 9.53 Å². The van der Waals surface area contributed by atoms with E-state index in [-0.39, 0.29) is 5.97 Å². The molecule has 1 aromatic carbocycles. The first-order valence-electron chi connectivity index (χ1n) is 6.95. The summed E-state index contributed by atoms with van der Waals surface area (Å²) in [7, 11) is 0. The van der Waals surface area contributed by atoms with Crippen molar-refractivity contribution in [2.75, 3.05) is 6.61 Å². The fourth-order valence-corrected chi connectivity index (χ4v) is 2.08. The van der Waals surface area contributed by atoms with Gasteiger partial charge in [-0.25, -0.2) is 0 Å². The van der Waals surface area contributed by atoms with E-state index in [1.807, 2.05) is 31.2 Å². The number of hydrogen-bond acceptors (Lipinski definition) is 3. The highest BCUT2D eigenvalue weighted by molar-refractivity contribution is 5.73. The summed E-state index contributed by atoms with van der Waals surface area (Å²) in [5.41, 5.74) is 1.99. The predicted molar refractivity (Wildman–Crippen MR) is 75.9 cm³/mol. The third kappa shape index (κ3) is 4.06. The first kappa shape index (κ1) is 15.7. The molecule has 0 bridgehead atoms. The van der Waals surface area contributed by atoms with E-state index in [4.69, 9.17) is 4.74 Å². The normalized spacial score (nSPS) is 14.2. The average Bonchev–Trinajstić information content (AvgIpc) is 2.39. The molecule has 106 valence electrons. The molecule has 0 aliphatic rings. The maximum absolute atomic E-state index is 11.8. The molecule has 0 spiro atoms. The zero-order valence-corrected chi connectivity index (χ0v) is 12.2. The van der Waals surface area contributed by atoms with Gasteiger partial charge in [-0.05, 0) is 30.4 Å². The Morgan fingerprint density at radius 3 is 2.11 bits per heavy atom. The number of esters is 1. The topological polar surface area (TPSA) is 46.5 Å². The highest BCUT2D eigenvalue weighted by Crippen LogP contribution is 2.27. The zero-order valence-electron chi connectivity index (χ0n) is 12.2. The van der Waals surface area contributed by atoms with Crippen LogP contribution < -0.4 is 0 Å². The van der Waals surface area contributed by atoms with Crippen LogP contribution in [0.4, 0.5) is 0 Å².